The van der Waals surface area contributed by atoms with Gasteiger partial charge in [-0.05, 0) is 23.8 Å². The lowest BCUT2D eigenvalue weighted by Gasteiger charge is -2.37. The number of benzene rings is 1. The number of para-hydroxylation sites is 1. The van der Waals surface area contributed by atoms with E-state index in [1.54, 1.807) is 6.20 Å². The molecule has 1 fully saturated rings. The highest BCUT2D eigenvalue weighted by Crippen LogP contribution is 2.28. The molecule has 4 heterocycles. The van der Waals surface area contributed by atoms with E-state index >= 15 is 0 Å². The molecule has 3 aromatic heterocycles. The van der Waals surface area contributed by atoms with E-state index in [9.17, 15) is 4.79 Å². The van der Waals surface area contributed by atoms with Gasteiger partial charge in [0.1, 0.15) is 5.69 Å². The van der Waals surface area contributed by atoms with Crippen molar-refractivity contribution in [1.29, 1.82) is 0 Å². The summed E-state index contributed by atoms with van der Waals surface area (Å²) in [6, 6.07) is 13.6. The van der Waals surface area contributed by atoms with Gasteiger partial charge in [-0.25, -0.2) is 0 Å². The molecule has 4 aromatic rings. The molecule has 0 unspecified atom stereocenters. The number of aromatic nitrogens is 4. The second-order valence-electron chi connectivity index (χ2n) is 6.70. The van der Waals surface area contributed by atoms with Crippen LogP contribution in [0.3, 0.4) is 0 Å². The zero-order valence-corrected chi connectivity index (χ0v) is 14.5. The third kappa shape index (κ3) is 2.87. The molecule has 0 saturated carbocycles. The third-order valence-corrected chi connectivity index (χ3v) is 4.94. The number of pyridine rings is 1. The standard InChI is InChI=1S/C20H17N5O2/c26-18(9-13-10-22-16-6-2-1-5-15(13)16)25-11-14(12-25)20-23-19(24-27-20)17-7-3-4-8-21-17/h1-8,10,14,22H,9,11-12H2. The largest absolute Gasteiger partial charge is 0.361 e. The summed E-state index contributed by atoms with van der Waals surface area (Å²) in [7, 11) is 0. The van der Waals surface area contributed by atoms with E-state index in [1.807, 2.05) is 53.6 Å². The zero-order valence-electron chi connectivity index (χ0n) is 14.5. The predicted molar refractivity (Wildman–Crippen MR) is 98.9 cm³/mol. The minimum atomic E-state index is 0.0851. The first-order valence-electron chi connectivity index (χ1n) is 8.86. The van der Waals surface area contributed by atoms with Crippen LogP contribution in [0.1, 0.15) is 17.4 Å². The van der Waals surface area contributed by atoms with Crippen molar-refractivity contribution in [2.24, 2.45) is 0 Å². The summed E-state index contributed by atoms with van der Waals surface area (Å²) in [5.41, 5.74) is 2.75. The Morgan fingerprint density at radius 2 is 2.04 bits per heavy atom. The van der Waals surface area contributed by atoms with Crippen molar-refractivity contribution in [3.8, 4) is 11.5 Å². The van der Waals surface area contributed by atoms with E-state index < -0.39 is 0 Å². The number of aromatic amines is 1. The molecular weight excluding hydrogens is 342 g/mol. The van der Waals surface area contributed by atoms with Crippen LogP contribution in [0.4, 0.5) is 0 Å². The molecule has 1 aliphatic heterocycles. The van der Waals surface area contributed by atoms with Gasteiger partial charge in [-0.15, -0.1) is 0 Å². The number of hydrogen-bond acceptors (Lipinski definition) is 5. The SMILES string of the molecule is O=C(Cc1c[nH]c2ccccc12)N1CC(c2nc(-c3ccccn3)no2)C1. The number of carbonyl (C=O) groups is 1. The quantitative estimate of drug-likeness (QED) is 0.605. The molecule has 1 aliphatic rings. The fourth-order valence-corrected chi connectivity index (χ4v) is 3.39. The van der Waals surface area contributed by atoms with E-state index in [1.165, 1.54) is 0 Å². The first-order valence-corrected chi connectivity index (χ1v) is 8.86. The van der Waals surface area contributed by atoms with E-state index in [0.717, 1.165) is 16.5 Å². The fraction of sp³-hybridized carbons (Fsp3) is 0.200. The van der Waals surface area contributed by atoms with Gasteiger partial charge >= 0.3 is 0 Å². The van der Waals surface area contributed by atoms with E-state index in [-0.39, 0.29) is 11.8 Å². The number of H-pyrrole nitrogens is 1. The average Bonchev–Trinajstić information content (AvgIpc) is 3.29. The second kappa shape index (κ2) is 6.35. The molecule has 0 spiro atoms. The molecule has 27 heavy (non-hydrogen) atoms. The lowest BCUT2D eigenvalue weighted by molar-refractivity contribution is -0.135. The zero-order chi connectivity index (χ0) is 18.2. The molecule has 0 aliphatic carbocycles. The van der Waals surface area contributed by atoms with Crippen LogP contribution in [0, 0.1) is 0 Å². The number of rotatable bonds is 4. The lowest BCUT2D eigenvalue weighted by Crippen LogP contribution is -2.49. The third-order valence-electron chi connectivity index (χ3n) is 4.94. The Labute approximate surface area is 155 Å². The van der Waals surface area contributed by atoms with Crippen molar-refractivity contribution < 1.29 is 9.32 Å². The van der Waals surface area contributed by atoms with Crippen LogP contribution in [0.25, 0.3) is 22.4 Å². The number of nitrogens with zero attached hydrogens (tertiary/aromatic N) is 4. The van der Waals surface area contributed by atoms with Gasteiger partial charge in [0.05, 0.1) is 12.3 Å². The molecule has 0 bridgehead atoms. The maximum Gasteiger partial charge on any atom is 0.233 e. The molecule has 1 saturated heterocycles. The number of fused-ring (bicyclic) bond motifs is 1. The Morgan fingerprint density at radius 3 is 2.89 bits per heavy atom. The number of hydrogen-bond donors (Lipinski definition) is 1. The van der Waals surface area contributed by atoms with Crippen LogP contribution in [0.15, 0.2) is 59.4 Å². The smallest absolute Gasteiger partial charge is 0.233 e. The number of carbonyl (C=O) groups excluding carboxylic acids is 1. The predicted octanol–water partition coefficient (Wildman–Crippen LogP) is 2.78. The maximum atomic E-state index is 12.6. The van der Waals surface area contributed by atoms with Gasteiger partial charge in [-0.2, -0.15) is 4.98 Å². The Morgan fingerprint density at radius 1 is 1.19 bits per heavy atom. The van der Waals surface area contributed by atoms with Crippen molar-refractivity contribution in [2.45, 2.75) is 12.3 Å². The van der Waals surface area contributed by atoms with Crippen LogP contribution in [-0.2, 0) is 11.2 Å². The molecule has 0 radical (unpaired) electrons. The molecular formula is C20H17N5O2. The fourth-order valence-electron chi connectivity index (χ4n) is 3.39. The monoisotopic (exact) mass is 359 g/mol. The van der Waals surface area contributed by atoms with Crippen LogP contribution in [0.2, 0.25) is 0 Å². The first-order chi connectivity index (χ1) is 13.3. The van der Waals surface area contributed by atoms with Crippen LogP contribution >= 0.6 is 0 Å². The van der Waals surface area contributed by atoms with Gasteiger partial charge in [0.15, 0.2) is 0 Å². The summed E-state index contributed by atoms with van der Waals surface area (Å²) in [4.78, 5) is 26.3. The summed E-state index contributed by atoms with van der Waals surface area (Å²) < 4.78 is 5.37. The Kier molecular flexibility index (Phi) is 3.71. The molecule has 1 aromatic carbocycles. The van der Waals surface area contributed by atoms with Gasteiger partial charge in [-0.3, -0.25) is 9.78 Å². The Bertz CT molecular complexity index is 1100. The minimum absolute atomic E-state index is 0.0851. The number of nitrogens with one attached hydrogen (secondary N) is 1. The number of likely N-dealkylation sites (tertiary alicyclic amines) is 1. The Hall–Kier alpha value is -3.48. The number of amides is 1. The summed E-state index contributed by atoms with van der Waals surface area (Å²) in [5.74, 6) is 1.24. The van der Waals surface area contributed by atoms with Crippen LogP contribution in [-0.4, -0.2) is 44.0 Å². The summed E-state index contributed by atoms with van der Waals surface area (Å²) in [6.07, 6.45) is 4.00. The van der Waals surface area contributed by atoms with Gasteiger partial charge < -0.3 is 14.4 Å². The molecule has 7 nitrogen and oxygen atoms in total. The molecule has 1 amide bonds. The van der Waals surface area contributed by atoms with Crippen molar-refractivity contribution in [3.05, 3.63) is 66.3 Å². The highest BCUT2D eigenvalue weighted by atomic mass is 16.5. The molecule has 1 N–H and O–H groups in total. The van der Waals surface area contributed by atoms with Crippen molar-refractivity contribution in [2.75, 3.05) is 13.1 Å². The van der Waals surface area contributed by atoms with E-state index in [4.69, 9.17) is 4.52 Å². The van der Waals surface area contributed by atoms with Crippen LogP contribution in [0.5, 0.6) is 0 Å². The van der Waals surface area contributed by atoms with E-state index in [0.29, 0.717) is 36.9 Å². The normalized spacial score (nSPS) is 14.4. The highest BCUT2D eigenvalue weighted by Gasteiger charge is 2.35. The second-order valence-corrected chi connectivity index (χ2v) is 6.70. The molecule has 7 heteroatoms. The molecule has 0 atom stereocenters. The summed E-state index contributed by atoms with van der Waals surface area (Å²) >= 11 is 0. The first kappa shape index (κ1) is 15.7. The van der Waals surface area contributed by atoms with Crippen LogP contribution < -0.4 is 0 Å². The Balaban J connectivity index is 1.23. The van der Waals surface area contributed by atoms with Gasteiger partial charge in [0.2, 0.25) is 17.6 Å². The maximum absolute atomic E-state index is 12.6. The molecule has 134 valence electrons. The minimum Gasteiger partial charge on any atom is -0.361 e. The topological polar surface area (TPSA) is 87.9 Å². The summed E-state index contributed by atoms with van der Waals surface area (Å²) in [6.45, 7) is 1.20. The molecule has 5 rings (SSSR count). The van der Waals surface area contributed by atoms with Gasteiger partial charge in [0.25, 0.3) is 0 Å². The van der Waals surface area contributed by atoms with Gasteiger partial charge in [-0.1, -0.05) is 29.4 Å². The lowest BCUT2D eigenvalue weighted by atomic mass is 9.98. The summed E-state index contributed by atoms with van der Waals surface area (Å²) in [5, 5.41) is 5.10. The van der Waals surface area contributed by atoms with Crippen molar-refractivity contribution in [3.63, 3.8) is 0 Å². The van der Waals surface area contributed by atoms with Crippen molar-refractivity contribution in [1.82, 2.24) is 25.0 Å². The average molecular weight is 359 g/mol. The van der Waals surface area contributed by atoms with Gasteiger partial charge in [0, 0.05) is 36.4 Å². The van der Waals surface area contributed by atoms with Crippen molar-refractivity contribution >= 4 is 16.8 Å². The highest BCUT2D eigenvalue weighted by molar-refractivity contribution is 5.89. The van der Waals surface area contributed by atoms with E-state index in [2.05, 4.69) is 20.1 Å².